The van der Waals surface area contributed by atoms with Crippen LogP contribution >= 0.6 is 0 Å². The number of carbonyl (C=O) groups is 1. The van der Waals surface area contributed by atoms with Gasteiger partial charge in [0.25, 0.3) is 5.56 Å². The number of aryl methyl sites for hydroxylation is 2. The van der Waals surface area contributed by atoms with Gasteiger partial charge in [-0.25, -0.2) is 14.3 Å². The summed E-state index contributed by atoms with van der Waals surface area (Å²) in [5, 5.41) is 2.80. The fourth-order valence-corrected chi connectivity index (χ4v) is 3.68. The number of fused-ring (bicyclic) bond motifs is 1. The Labute approximate surface area is 181 Å². The minimum atomic E-state index is -0.497. The molecular weight excluding hydrogens is 394 g/mol. The van der Waals surface area contributed by atoms with E-state index < -0.39 is 17.2 Å². The Morgan fingerprint density at radius 3 is 2.55 bits per heavy atom. The van der Waals surface area contributed by atoms with E-state index in [1.54, 1.807) is 17.0 Å². The summed E-state index contributed by atoms with van der Waals surface area (Å²) in [5.41, 5.74) is 1.35. The van der Waals surface area contributed by atoms with Gasteiger partial charge in [-0.3, -0.25) is 14.2 Å². The molecule has 1 aromatic carbocycles. The van der Waals surface area contributed by atoms with Crippen LogP contribution in [0.4, 0.5) is 5.69 Å². The Kier molecular flexibility index (Phi) is 7.09. The lowest BCUT2D eigenvalue weighted by Gasteiger charge is -2.14. The molecule has 0 bridgehead atoms. The van der Waals surface area contributed by atoms with Gasteiger partial charge >= 0.3 is 5.69 Å². The van der Waals surface area contributed by atoms with Crippen LogP contribution in [0.3, 0.4) is 0 Å². The van der Waals surface area contributed by atoms with Gasteiger partial charge in [-0.2, -0.15) is 0 Å². The van der Waals surface area contributed by atoms with Crippen molar-refractivity contribution >= 4 is 22.8 Å². The summed E-state index contributed by atoms with van der Waals surface area (Å²) in [6, 6.07) is 7.39. The number of benzene rings is 1. The molecule has 0 aliphatic carbocycles. The molecule has 8 heteroatoms. The minimum Gasteiger partial charge on any atom is -0.324 e. The predicted molar refractivity (Wildman–Crippen MR) is 122 cm³/mol. The van der Waals surface area contributed by atoms with Crippen molar-refractivity contribution in [1.29, 1.82) is 0 Å². The third-order valence-corrected chi connectivity index (χ3v) is 5.25. The second-order valence-electron chi connectivity index (χ2n) is 8.36. The molecule has 0 unspecified atom stereocenters. The zero-order valence-electron chi connectivity index (χ0n) is 18.7. The van der Waals surface area contributed by atoms with E-state index in [2.05, 4.69) is 31.1 Å². The maximum absolute atomic E-state index is 13.3. The predicted octanol–water partition coefficient (Wildman–Crippen LogP) is 3.15. The third kappa shape index (κ3) is 4.95. The van der Waals surface area contributed by atoms with Crippen molar-refractivity contribution < 1.29 is 4.79 Å². The van der Waals surface area contributed by atoms with Crippen molar-refractivity contribution in [3.05, 3.63) is 57.0 Å². The van der Waals surface area contributed by atoms with E-state index in [1.165, 1.54) is 4.57 Å². The van der Waals surface area contributed by atoms with Gasteiger partial charge in [-0.15, -0.1) is 0 Å². The topological polar surface area (TPSA) is 90.9 Å². The standard InChI is InChI=1S/C23H31N5O3/c1-5-6-9-12-27-21-20(26(15-24-21)13-16(2)3)22(30)28(23(27)31)14-19(29)25-18-11-8-7-10-17(18)4/h7-8,10-11,15-16H,5-6,9,12-14H2,1-4H3,(H,25,29). The van der Waals surface area contributed by atoms with Crippen LogP contribution in [0.2, 0.25) is 0 Å². The van der Waals surface area contributed by atoms with E-state index in [-0.39, 0.29) is 6.54 Å². The molecule has 1 N–H and O–H groups in total. The van der Waals surface area contributed by atoms with Gasteiger partial charge in [0.2, 0.25) is 5.91 Å². The van der Waals surface area contributed by atoms with Gasteiger partial charge in [-0.1, -0.05) is 51.8 Å². The molecule has 0 fully saturated rings. The zero-order chi connectivity index (χ0) is 22.5. The largest absolute Gasteiger partial charge is 0.333 e. The number of nitrogens with zero attached hydrogens (tertiary/aromatic N) is 4. The van der Waals surface area contributed by atoms with Crippen LogP contribution in [-0.2, 0) is 24.4 Å². The average molecular weight is 426 g/mol. The van der Waals surface area contributed by atoms with Crippen molar-refractivity contribution in [3.8, 4) is 0 Å². The Hall–Kier alpha value is -3.16. The van der Waals surface area contributed by atoms with Gasteiger partial charge in [-0.05, 0) is 30.9 Å². The minimum absolute atomic E-state index is 0.301. The number of anilines is 1. The van der Waals surface area contributed by atoms with Gasteiger partial charge in [0.05, 0.1) is 6.33 Å². The maximum atomic E-state index is 13.3. The molecular formula is C23H31N5O3. The number of nitrogens with one attached hydrogen (secondary N) is 1. The van der Waals surface area contributed by atoms with Crippen molar-refractivity contribution in [2.24, 2.45) is 5.92 Å². The first-order valence-corrected chi connectivity index (χ1v) is 10.9. The molecule has 0 spiro atoms. The molecule has 3 aromatic rings. The second kappa shape index (κ2) is 9.76. The molecule has 0 radical (unpaired) electrons. The van der Waals surface area contributed by atoms with E-state index in [0.717, 1.165) is 29.4 Å². The van der Waals surface area contributed by atoms with E-state index in [4.69, 9.17) is 0 Å². The van der Waals surface area contributed by atoms with Gasteiger partial charge in [0.15, 0.2) is 11.2 Å². The van der Waals surface area contributed by atoms with E-state index in [9.17, 15) is 14.4 Å². The summed E-state index contributed by atoms with van der Waals surface area (Å²) in [5.74, 6) is -0.113. The third-order valence-electron chi connectivity index (χ3n) is 5.25. The highest BCUT2D eigenvalue weighted by molar-refractivity contribution is 5.91. The fourth-order valence-electron chi connectivity index (χ4n) is 3.68. The summed E-state index contributed by atoms with van der Waals surface area (Å²) in [6.07, 6.45) is 4.39. The SMILES string of the molecule is CCCCCn1c(=O)n(CC(=O)Nc2ccccc2C)c(=O)c2c1ncn2CC(C)C. The Balaban J connectivity index is 2.04. The van der Waals surface area contributed by atoms with Crippen molar-refractivity contribution in [3.63, 3.8) is 0 Å². The smallest absolute Gasteiger partial charge is 0.324 e. The molecule has 0 atom stereocenters. The zero-order valence-corrected chi connectivity index (χ0v) is 18.7. The van der Waals surface area contributed by atoms with Gasteiger partial charge in [0.1, 0.15) is 6.54 Å². The number of para-hydroxylation sites is 1. The molecule has 0 saturated heterocycles. The molecule has 0 saturated carbocycles. The quantitative estimate of drug-likeness (QED) is 0.533. The lowest BCUT2D eigenvalue weighted by Crippen LogP contribution is -2.43. The molecule has 166 valence electrons. The molecule has 2 heterocycles. The summed E-state index contributed by atoms with van der Waals surface area (Å²) in [7, 11) is 0. The van der Waals surface area contributed by atoms with Crippen molar-refractivity contribution in [2.75, 3.05) is 5.32 Å². The van der Waals surface area contributed by atoms with Crippen molar-refractivity contribution in [2.45, 2.75) is 66.6 Å². The highest BCUT2D eigenvalue weighted by Gasteiger charge is 2.20. The first-order valence-electron chi connectivity index (χ1n) is 10.9. The summed E-state index contributed by atoms with van der Waals surface area (Å²) in [6.45, 7) is 8.80. The normalized spacial score (nSPS) is 11.4. The van der Waals surface area contributed by atoms with Crippen LogP contribution < -0.4 is 16.6 Å². The first-order chi connectivity index (χ1) is 14.8. The molecule has 0 aliphatic heterocycles. The van der Waals surface area contributed by atoms with Crippen LogP contribution in [-0.4, -0.2) is 24.6 Å². The number of amides is 1. The van der Waals surface area contributed by atoms with Crippen LogP contribution in [0.25, 0.3) is 11.2 Å². The monoisotopic (exact) mass is 425 g/mol. The Bertz CT molecular complexity index is 1190. The maximum Gasteiger partial charge on any atom is 0.333 e. The Morgan fingerprint density at radius 1 is 1.13 bits per heavy atom. The molecule has 2 aromatic heterocycles. The molecule has 8 nitrogen and oxygen atoms in total. The summed E-state index contributed by atoms with van der Waals surface area (Å²) < 4.78 is 4.35. The van der Waals surface area contributed by atoms with Gasteiger partial charge < -0.3 is 9.88 Å². The van der Waals surface area contributed by atoms with Crippen LogP contribution in [0, 0.1) is 12.8 Å². The second-order valence-corrected chi connectivity index (χ2v) is 8.36. The first kappa shape index (κ1) is 22.5. The number of hydrogen-bond acceptors (Lipinski definition) is 4. The number of imidazole rings is 1. The lowest BCUT2D eigenvalue weighted by molar-refractivity contribution is -0.116. The van der Waals surface area contributed by atoms with Gasteiger partial charge in [0, 0.05) is 18.8 Å². The van der Waals surface area contributed by atoms with Crippen molar-refractivity contribution in [1.82, 2.24) is 18.7 Å². The lowest BCUT2D eigenvalue weighted by atomic mass is 10.2. The van der Waals surface area contributed by atoms with E-state index in [0.29, 0.717) is 35.9 Å². The number of hydrogen-bond donors (Lipinski definition) is 1. The summed E-state index contributed by atoms with van der Waals surface area (Å²) in [4.78, 5) is 43.5. The number of carbonyl (C=O) groups excluding carboxylic acids is 1. The van der Waals surface area contributed by atoms with E-state index in [1.807, 2.05) is 25.1 Å². The van der Waals surface area contributed by atoms with Crippen LogP contribution in [0.5, 0.6) is 0 Å². The number of rotatable bonds is 9. The van der Waals surface area contributed by atoms with Crippen LogP contribution in [0.1, 0.15) is 45.6 Å². The molecule has 1 amide bonds. The fraction of sp³-hybridized carbons (Fsp3) is 0.478. The summed E-state index contributed by atoms with van der Waals surface area (Å²) >= 11 is 0. The highest BCUT2D eigenvalue weighted by atomic mass is 16.2. The average Bonchev–Trinajstić information content (AvgIpc) is 3.12. The van der Waals surface area contributed by atoms with E-state index >= 15 is 0 Å². The number of unbranched alkanes of at least 4 members (excludes halogenated alkanes) is 2. The molecule has 3 rings (SSSR count). The number of aromatic nitrogens is 4. The molecule has 31 heavy (non-hydrogen) atoms. The van der Waals surface area contributed by atoms with Crippen LogP contribution in [0.15, 0.2) is 40.2 Å². The highest BCUT2D eigenvalue weighted by Crippen LogP contribution is 2.14. The Morgan fingerprint density at radius 2 is 1.87 bits per heavy atom. The molecule has 0 aliphatic rings.